The summed E-state index contributed by atoms with van der Waals surface area (Å²) in [6.45, 7) is 1.28. The first-order valence-corrected chi connectivity index (χ1v) is 9.55. The van der Waals surface area contributed by atoms with Gasteiger partial charge in [-0.1, -0.05) is 43.2 Å². The number of hydrogen-bond donors (Lipinski definition) is 0. The third-order valence-corrected chi connectivity index (χ3v) is 5.27. The fourth-order valence-electron chi connectivity index (χ4n) is 2.38. The molecule has 0 saturated heterocycles. The molecule has 1 saturated carbocycles. The summed E-state index contributed by atoms with van der Waals surface area (Å²) in [4.78, 5) is 0. The molecule has 0 atom stereocenters. The van der Waals surface area contributed by atoms with Crippen LogP contribution in [-0.2, 0) is 12.5 Å². The predicted octanol–water partition coefficient (Wildman–Crippen LogP) is 5.79. The van der Waals surface area contributed by atoms with E-state index in [1.54, 1.807) is 0 Å². The van der Waals surface area contributed by atoms with Gasteiger partial charge in [0.1, 0.15) is 6.61 Å². The maximum atomic E-state index is 6.02. The van der Waals surface area contributed by atoms with Gasteiger partial charge in [0, 0.05) is 9.45 Å². The number of halogens is 2. The fourth-order valence-corrected chi connectivity index (χ4v) is 3.46. The quantitative estimate of drug-likeness (QED) is 0.381. The van der Waals surface area contributed by atoms with E-state index in [0.29, 0.717) is 12.5 Å². The van der Waals surface area contributed by atoms with Crippen molar-refractivity contribution in [3.05, 3.63) is 57.2 Å². The summed E-state index contributed by atoms with van der Waals surface area (Å²) in [6.07, 6.45) is 3.82. The van der Waals surface area contributed by atoms with Crippen LogP contribution in [0.25, 0.3) is 0 Å². The zero-order valence-electron chi connectivity index (χ0n) is 12.9. The molecule has 122 valence electrons. The average molecular weight is 443 g/mol. The summed E-state index contributed by atoms with van der Waals surface area (Å²) in [6, 6.07) is 14.2. The Morgan fingerprint density at radius 2 is 1.78 bits per heavy atom. The van der Waals surface area contributed by atoms with Crippen molar-refractivity contribution in [2.75, 3.05) is 6.61 Å². The van der Waals surface area contributed by atoms with Crippen LogP contribution in [0.5, 0.6) is 11.5 Å². The largest absolute Gasteiger partial charge is 0.490 e. The summed E-state index contributed by atoms with van der Waals surface area (Å²) in [5, 5.41) is 0. The van der Waals surface area contributed by atoms with E-state index in [4.69, 9.17) is 21.1 Å². The molecule has 0 radical (unpaired) electrons. The molecular weight excluding hydrogens is 423 g/mol. The van der Waals surface area contributed by atoms with Crippen molar-refractivity contribution in [3.8, 4) is 11.5 Å². The van der Waals surface area contributed by atoms with Gasteiger partial charge < -0.3 is 9.47 Å². The Morgan fingerprint density at radius 3 is 2.48 bits per heavy atom. The topological polar surface area (TPSA) is 18.5 Å². The fraction of sp³-hybridized carbons (Fsp3) is 0.368. The highest BCUT2D eigenvalue weighted by molar-refractivity contribution is 14.1. The monoisotopic (exact) mass is 442 g/mol. The van der Waals surface area contributed by atoms with E-state index in [2.05, 4.69) is 34.7 Å². The van der Waals surface area contributed by atoms with Gasteiger partial charge in [0.25, 0.3) is 0 Å². The molecule has 0 bridgehead atoms. The van der Waals surface area contributed by atoms with Gasteiger partial charge in [0.2, 0.25) is 0 Å². The van der Waals surface area contributed by atoms with Crippen LogP contribution < -0.4 is 9.47 Å². The summed E-state index contributed by atoms with van der Waals surface area (Å²) in [5.74, 6) is 2.94. The average Bonchev–Trinajstić information content (AvgIpc) is 3.39. The first kappa shape index (κ1) is 16.9. The van der Waals surface area contributed by atoms with Crippen LogP contribution in [0.1, 0.15) is 30.4 Å². The van der Waals surface area contributed by atoms with Crippen molar-refractivity contribution in [1.29, 1.82) is 0 Å². The molecule has 4 heteroatoms. The lowest BCUT2D eigenvalue weighted by molar-refractivity contribution is 0.256. The highest BCUT2D eigenvalue weighted by Gasteiger charge is 2.21. The minimum Gasteiger partial charge on any atom is -0.490 e. The molecule has 23 heavy (non-hydrogen) atoms. The predicted molar refractivity (Wildman–Crippen MR) is 102 cm³/mol. The zero-order valence-corrected chi connectivity index (χ0v) is 15.8. The standard InChI is InChI=1S/C19H20ClIO2/c20-12-16-10-18(22-9-8-14-6-7-14)19(11-17(16)21)23-13-15-4-2-1-3-5-15/h1-5,10-11,14H,6-9,12-13H2. The van der Waals surface area contributed by atoms with Gasteiger partial charge >= 0.3 is 0 Å². The van der Waals surface area contributed by atoms with Crippen LogP contribution in [0, 0.1) is 9.49 Å². The van der Waals surface area contributed by atoms with Crippen molar-refractivity contribution in [2.24, 2.45) is 5.92 Å². The number of ether oxygens (including phenoxy) is 2. The first-order chi connectivity index (χ1) is 11.3. The van der Waals surface area contributed by atoms with Crippen LogP contribution in [0.4, 0.5) is 0 Å². The van der Waals surface area contributed by atoms with E-state index >= 15 is 0 Å². The van der Waals surface area contributed by atoms with E-state index in [9.17, 15) is 0 Å². The van der Waals surface area contributed by atoms with Gasteiger partial charge in [-0.25, -0.2) is 0 Å². The van der Waals surface area contributed by atoms with E-state index in [0.717, 1.165) is 45.1 Å². The highest BCUT2D eigenvalue weighted by Crippen LogP contribution is 2.35. The Morgan fingerprint density at radius 1 is 1.04 bits per heavy atom. The maximum Gasteiger partial charge on any atom is 0.162 e. The minimum absolute atomic E-state index is 0.482. The smallest absolute Gasteiger partial charge is 0.162 e. The van der Waals surface area contributed by atoms with E-state index in [1.807, 2.05) is 30.3 Å². The summed E-state index contributed by atoms with van der Waals surface area (Å²) in [5.41, 5.74) is 2.23. The number of alkyl halides is 1. The number of rotatable bonds is 8. The Balaban J connectivity index is 1.70. The van der Waals surface area contributed by atoms with Crippen molar-refractivity contribution < 1.29 is 9.47 Å². The van der Waals surface area contributed by atoms with Gasteiger partial charge in [-0.3, -0.25) is 0 Å². The molecule has 2 nitrogen and oxygen atoms in total. The molecule has 0 heterocycles. The molecule has 2 aromatic carbocycles. The second-order valence-corrected chi connectivity index (χ2v) is 7.31. The first-order valence-electron chi connectivity index (χ1n) is 7.94. The molecule has 1 fully saturated rings. The second-order valence-electron chi connectivity index (χ2n) is 5.88. The normalized spacial score (nSPS) is 13.8. The number of benzene rings is 2. The van der Waals surface area contributed by atoms with Crippen LogP contribution >= 0.6 is 34.2 Å². The molecule has 2 aromatic rings. The van der Waals surface area contributed by atoms with E-state index < -0.39 is 0 Å². The molecule has 0 aromatic heterocycles. The third kappa shape index (κ3) is 5.01. The highest BCUT2D eigenvalue weighted by atomic mass is 127. The van der Waals surface area contributed by atoms with Crippen molar-refractivity contribution >= 4 is 34.2 Å². The Kier molecular flexibility index (Phi) is 6.06. The van der Waals surface area contributed by atoms with Gasteiger partial charge in [-0.15, -0.1) is 11.6 Å². The molecule has 0 unspecified atom stereocenters. The second kappa shape index (κ2) is 8.25. The van der Waals surface area contributed by atoms with E-state index in [-0.39, 0.29) is 0 Å². The van der Waals surface area contributed by atoms with Crippen LogP contribution in [0.15, 0.2) is 42.5 Å². The summed E-state index contributed by atoms with van der Waals surface area (Å²) >= 11 is 8.32. The van der Waals surface area contributed by atoms with E-state index in [1.165, 1.54) is 12.8 Å². The number of hydrogen-bond acceptors (Lipinski definition) is 2. The molecule has 3 rings (SSSR count). The molecule has 1 aliphatic rings. The third-order valence-electron chi connectivity index (χ3n) is 3.97. The zero-order chi connectivity index (χ0) is 16.1. The van der Waals surface area contributed by atoms with Crippen LogP contribution in [0.3, 0.4) is 0 Å². The molecule has 0 spiro atoms. The Bertz CT molecular complexity index is 641. The van der Waals surface area contributed by atoms with Crippen molar-refractivity contribution in [1.82, 2.24) is 0 Å². The molecular formula is C19H20ClIO2. The van der Waals surface area contributed by atoms with Gasteiger partial charge in [0.15, 0.2) is 11.5 Å². The lowest BCUT2D eigenvalue weighted by atomic mass is 10.2. The minimum atomic E-state index is 0.482. The van der Waals surface area contributed by atoms with Gasteiger partial charge in [-0.2, -0.15) is 0 Å². The van der Waals surface area contributed by atoms with Crippen LogP contribution in [0.2, 0.25) is 0 Å². The molecule has 1 aliphatic carbocycles. The maximum absolute atomic E-state index is 6.02. The molecule has 0 amide bonds. The van der Waals surface area contributed by atoms with Gasteiger partial charge in [-0.05, 0) is 58.2 Å². The molecule has 0 aliphatic heterocycles. The lowest BCUT2D eigenvalue weighted by Crippen LogP contribution is -2.03. The summed E-state index contributed by atoms with van der Waals surface area (Å²) in [7, 11) is 0. The van der Waals surface area contributed by atoms with Crippen molar-refractivity contribution in [2.45, 2.75) is 31.7 Å². The Labute approximate surface area is 156 Å². The lowest BCUT2D eigenvalue weighted by Gasteiger charge is -2.15. The van der Waals surface area contributed by atoms with Gasteiger partial charge in [0.05, 0.1) is 6.61 Å². The molecule has 0 N–H and O–H groups in total. The van der Waals surface area contributed by atoms with Crippen molar-refractivity contribution in [3.63, 3.8) is 0 Å². The Hall–Kier alpha value is -0.940. The summed E-state index contributed by atoms with van der Waals surface area (Å²) < 4.78 is 13.1. The SMILES string of the molecule is ClCc1cc(OCCC2CC2)c(OCc2ccccc2)cc1I. The van der Waals surface area contributed by atoms with Crippen LogP contribution in [-0.4, -0.2) is 6.61 Å².